The van der Waals surface area contributed by atoms with E-state index in [2.05, 4.69) is 35.1 Å². The number of anilines is 2. The van der Waals surface area contributed by atoms with E-state index >= 15 is 0 Å². The Morgan fingerprint density at radius 2 is 2.00 bits per heavy atom. The maximum atomic E-state index is 14.4. The molecule has 1 aromatic carbocycles. The first-order chi connectivity index (χ1) is 15.4. The molecule has 0 saturated carbocycles. The fraction of sp³-hybridized carbons (Fsp3) is 0.273. The van der Waals surface area contributed by atoms with Gasteiger partial charge in [0.15, 0.2) is 5.75 Å². The number of aromatic amines is 1. The van der Waals surface area contributed by atoms with Gasteiger partial charge in [-0.15, -0.1) is 0 Å². The van der Waals surface area contributed by atoms with Gasteiger partial charge in [0.1, 0.15) is 23.1 Å². The van der Waals surface area contributed by atoms with Gasteiger partial charge in [0.2, 0.25) is 0 Å². The Kier molecular flexibility index (Phi) is 4.86. The number of aryl methyl sites for hydroxylation is 1. The van der Waals surface area contributed by atoms with Crippen molar-refractivity contribution in [2.75, 3.05) is 30.4 Å². The van der Waals surface area contributed by atoms with Crippen LogP contribution in [0.3, 0.4) is 0 Å². The molecule has 1 unspecified atom stereocenters. The third-order valence-electron chi connectivity index (χ3n) is 5.31. The molecule has 9 nitrogen and oxygen atoms in total. The standard InChI is InChI=1S/C22H23FN8O/c1-11(24)4-13-9-31(10-13)21-18-16-5-14(23)6-17(25-3)19(16)28-20(18)29-22(30-21)32-15-7-26-12(2)27-8-15/h4-8,11,25H,9-10,24H2,1-3H3,(H,28,29,30). The first-order valence-corrected chi connectivity index (χ1v) is 10.3. The quantitative estimate of drug-likeness (QED) is 0.410. The van der Waals surface area contributed by atoms with Crippen LogP contribution in [0, 0.1) is 12.7 Å². The Balaban J connectivity index is 1.65. The van der Waals surface area contributed by atoms with E-state index in [-0.39, 0.29) is 17.9 Å². The highest BCUT2D eigenvalue weighted by Crippen LogP contribution is 2.38. The van der Waals surface area contributed by atoms with Crippen LogP contribution in [-0.4, -0.2) is 51.1 Å². The Bertz CT molecular complexity index is 1340. The summed E-state index contributed by atoms with van der Waals surface area (Å²) in [7, 11) is 1.75. The highest BCUT2D eigenvalue weighted by Gasteiger charge is 2.27. The van der Waals surface area contributed by atoms with Gasteiger partial charge in [-0.2, -0.15) is 9.97 Å². The number of H-pyrrole nitrogens is 1. The molecule has 0 spiro atoms. The summed E-state index contributed by atoms with van der Waals surface area (Å²) in [6.07, 6.45) is 5.19. The highest BCUT2D eigenvalue weighted by atomic mass is 19.1. The summed E-state index contributed by atoms with van der Waals surface area (Å²) in [5, 5.41) is 4.48. The lowest BCUT2D eigenvalue weighted by atomic mass is 10.0. The Morgan fingerprint density at radius 1 is 1.25 bits per heavy atom. The SMILES string of the molecule is CNc1cc(F)cc2c1[nH]c1nc(Oc3cnc(C)nc3)nc(N3CC(=CC(C)N)C3)c12. The monoisotopic (exact) mass is 434 g/mol. The number of hydrogen-bond acceptors (Lipinski definition) is 8. The molecule has 164 valence electrons. The average molecular weight is 434 g/mol. The third kappa shape index (κ3) is 3.58. The van der Waals surface area contributed by atoms with Crippen LogP contribution < -0.4 is 20.7 Å². The van der Waals surface area contributed by atoms with E-state index in [4.69, 9.17) is 10.5 Å². The molecule has 4 aromatic rings. The van der Waals surface area contributed by atoms with Gasteiger partial charge >= 0.3 is 6.01 Å². The van der Waals surface area contributed by atoms with E-state index in [1.54, 1.807) is 26.4 Å². The van der Waals surface area contributed by atoms with Crippen LogP contribution in [0.1, 0.15) is 12.7 Å². The lowest BCUT2D eigenvalue weighted by Crippen LogP contribution is -2.41. The predicted molar refractivity (Wildman–Crippen MR) is 122 cm³/mol. The van der Waals surface area contributed by atoms with Crippen LogP contribution in [0.5, 0.6) is 11.8 Å². The second-order valence-corrected chi connectivity index (χ2v) is 7.91. The molecular weight excluding hydrogens is 411 g/mol. The van der Waals surface area contributed by atoms with Gasteiger partial charge in [-0.1, -0.05) is 6.08 Å². The zero-order valence-electron chi connectivity index (χ0n) is 18.0. The van der Waals surface area contributed by atoms with Crippen molar-refractivity contribution in [1.29, 1.82) is 0 Å². The van der Waals surface area contributed by atoms with E-state index in [9.17, 15) is 4.39 Å². The molecule has 1 aliphatic rings. The summed E-state index contributed by atoms with van der Waals surface area (Å²) in [5.41, 5.74) is 9.07. The van der Waals surface area contributed by atoms with Crippen molar-refractivity contribution < 1.29 is 9.13 Å². The van der Waals surface area contributed by atoms with Gasteiger partial charge in [0, 0.05) is 31.6 Å². The highest BCUT2D eigenvalue weighted by molar-refractivity contribution is 6.14. The van der Waals surface area contributed by atoms with Gasteiger partial charge in [-0.25, -0.2) is 14.4 Å². The number of nitrogens with zero attached hydrogens (tertiary/aromatic N) is 5. The van der Waals surface area contributed by atoms with Crippen LogP contribution in [0.25, 0.3) is 21.9 Å². The third-order valence-corrected chi connectivity index (χ3v) is 5.31. The molecule has 4 N–H and O–H groups in total. The van der Waals surface area contributed by atoms with Gasteiger partial charge in [-0.3, -0.25) is 0 Å². The molecule has 5 rings (SSSR count). The molecule has 4 heterocycles. The second-order valence-electron chi connectivity index (χ2n) is 7.91. The Labute approximate surface area is 183 Å². The summed E-state index contributed by atoms with van der Waals surface area (Å²) < 4.78 is 20.2. The summed E-state index contributed by atoms with van der Waals surface area (Å²) in [4.78, 5) is 22.9. The molecule has 0 radical (unpaired) electrons. The lowest BCUT2D eigenvalue weighted by molar-refractivity contribution is 0.438. The number of fused-ring (bicyclic) bond motifs is 3. The number of halogens is 1. The van der Waals surface area contributed by atoms with E-state index in [0.29, 0.717) is 47.2 Å². The summed E-state index contributed by atoms with van der Waals surface area (Å²) in [5.74, 6) is 1.39. The minimum atomic E-state index is -0.341. The number of ether oxygens (including phenoxy) is 1. The number of nitrogens with two attached hydrogens (primary N) is 1. The molecule has 1 aliphatic heterocycles. The minimum absolute atomic E-state index is 0.0154. The molecule has 0 amide bonds. The van der Waals surface area contributed by atoms with Crippen molar-refractivity contribution in [3.8, 4) is 11.8 Å². The summed E-state index contributed by atoms with van der Waals surface area (Å²) >= 11 is 0. The van der Waals surface area contributed by atoms with Crippen LogP contribution in [-0.2, 0) is 0 Å². The molecule has 0 bridgehead atoms. The van der Waals surface area contributed by atoms with Crippen molar-refractivity contribution in [1.82, 2.24) is 24.9 Å². The van der Waals surface area contributed by atoms with Crippen molar-refractivity contribution in [2.45, 2.75) is 19.9 Å². The number of nitrogens with one attached hydrogen (secondary N) is 2. The van der Waals surface area contributed by atoms with Crippen LogP contribution in [0.15, 0.2) is 36.2 Å². The van der Waals surface area contributed by atoms with Crippen LogP contribution in [0.2, 0.25) is 0 Å². The molecule has 0 aliphatic carbocycles. The average Bonchev–Trinajstić information content (AvgIpc) is 3.09. The maximum Gasteiger partial charge on any atom is 0.326 e. The van der Waals surface area contributed by atoms with Crippen molar-refractivity contribution >= 4 is 33.4 Å². The van der Waals surface area contributed by atoms with Gasteiger partial charge in [0.25, 0.3) is 0 Å². The minimum Gasteiger partial charge on any atom is -0.421 e. The van der Waals surface area contributed by atoms with Crippen molar-refractivity contribution in [3.63, 3.8) is 0 Å². The topological polar surface area (TPSA) is 118 Å². The molecule has 1 atom stereocenters. The number of benzene rings is 1. The zero-order valence-corrected chi connectivity index (χ0v) is 18.0. The normalized spacial score (nSPS) is 14.5. The zero-order chi connectivity index (χ0) is 22.4. The maximum absolute atomic E-state index is 14.4. The second kappa shape index (κ2) is 7.72. The molecule has 10 heteroatoms. The number of rotatable bonds is 5. The summed E-state index contributed by atoms with van der Waals surface area (Å²) in [6, 6.07) is 3.08. The van der Waals surface area contributed by atoms with Crippen LogP contribution in [0.4, 0.5) is 15.9 Å². The van der Waals surface area contributed by atoms with E-state index < -0.39 is 0 Å². The van der Waals surface area contributed by atoms with Gasteiger partial charge < -0.3 is 25.7 Å². The van der Waals surface area contributed by atoms with Gasteiger partial charge in [-0.05, 0) is 31.6 Å². The smallest absolute Gasteiger partial charge is 0.326 e. The summed E-state index contributed by atoms with van der Waals surface area (Å²) in [6.45, 7) is 5.10. The molecule has 1 fully saturated rings. The van der Waals surface area contributed by atoms with E-state index in [1.165, 1.54) is 17.7 Å². The van der Waals surface area contributed by atoms with Crippen molar-refractivity contribution in [2.24, 2.45) is 5.73 Å². The van der Waals surface area contributed by atoms with Crippen molar-refractivity contribution in [3.05, 3.63) is 47.8 Å². The first kappa shape index (κ1) is 20.1. The fourth-order valence-electron chi connectivity index (χ4n) is 3.91. The largest absolute Gasteiger partial charge is 0.421 e. The van der Waals surface area contributed by atoms with Crippen LogP contribution >= 0.6 is 0 Å². The molecular formula is C22H23FN8O. The van der Waals surface area contributed by atoms with Gasteiger partial charge in [0.05, 0.1) is 29.0 Å². The Morgan fingerprint density at radius 3 is 2.69 bits per heavy atom. The Hall–Kier alpha value is -3.79. The predicted octanol–water partition coefficient (Wildman–Crippen LogP) is 3.28. The lowest BCUT2D eigenvalue weighted by Gasteiger charge is -2.36. The molecule has 32 heavy (non-hydrogen) atoms. The number of aromatic nitrogens is 5. The first-order valence-electron chi connectivity index (χ1n) is 10.3. The van der Waals surface area contributed by atoms with E-state index in [1.807, 2.05) is 13.0 Å². The fourth-order valence-corrected chi connectivity index (χ4v) is 3.91. The molecule has 3 aromatic heterocycles. The number of hydrogen-bond donors (Lipinski definition) is 3. The van der Waals surface area contributed by atoms with E-state index in [0.717, 1.165) is 10.9 Å². The molecule has 1 saturated heterocycles.